The van der Waals surface area contributed by atoms with Crippen molar-refractivity contribution in [3.8, 4) is 0 Å². The predicted molar refractivity (Wildman–Crippen MR) is 64.6 cm³/mol. The summed E-state index contributed by atoms with van der Waals surface area (Å²) in [5.74, 6) is -0.800. The molecule has 0 fully saturated rings. The van der Waals surface area contributed by atoms with Gasteiger partial charge in [-0.05, 0) is 27.2 Å². The Hall–Kier alpha value is -1.52. The third-order valence-corrected chi connectivity index (χ3v) is 1.88. The zero-order chi connectivity index (χ0) is 13.5. The first-order chi connectivity index (χ1) is 7.80. The molecule has 0 spiro atoms. The molecule has 0 aliphatic rings. The number of hydrogen-bond acceptors (Lipinski definition) is 4. The van der Waals surface area contributed by atoms with Crippen LogP contribution < -0.4 is 5.32 Å². The maximum absolute atomic E-state index is 11.4. The molecule has 0 radical (unpaired) electrons. The van der Waals surface area contributed by atoms with Gasteiger partial charge in [-0.1, -0.05) is 6.08 Å². The number of carbonyl (C=O) groups excluding carboxylic acids is 2. The topological polar surface area (TPSA) is 64.6 Å². The predicted octanol–water partition coefficient (Wildman–Crippen LogP) is 1.88. The quantitative estimate of drug-likeness (QED) is 0.591. The van der Waals surface area contributed by atoms with Gasteiger partial charge >= 0.3 is 12.1 Å². The Kier molecular flexibility index (Phi) is 6.31. The molecular weight excluding hydrogens is 222 g/mol. The van der Waals surface area contributed by atoms with Gasteiger partial charge < -0.3 is 14.8 Å². The number of methoxy groups -OCH3 is 1. The summed E-state index contributed by atoms with van der Waals surface area (Å²) in [4.78, 5) is 22.7. The monoisotopic (exact) mass is 243 g/mol. The molecule has 5 nitrogen and oxygen atoms in total. The van der Waals surface area contributed by atoms with Crippen LogP contribution in [0.15, 0.2) is 12.7 Å². The Balaban J connectivity index is 4.17. The number of carbonyl (C=O) groups is 2. The minimum Gasteiger partial charge on any atom is -0.469 e. The van der Waals surface area contributed by atoms with E-state index in [2.05, 4.69) is 16.6 Å². The highest BCUT2D eigenvalue weighted by molar-refractivity contribution is 5.74. The molecule has 1 amide bonds. The fourth-order valence-electron chi connectivity index (χ4n) is 1.15. The van der Waals surface area contributed by atoms with E-state index >= 15 is 0 Å². The maximum Gasteiger partial charge on any atom is 0.407 e. The summed E-state index contributed by atoms with van der Waals surface area (Å²) in [6.45, 7) is 9.04. The van der Waals surface area contributed by atoms with Gasteiger partial charge in [0.25, 0.3) is 0 Å². The molecule has 0 saturated carbocycles. The van der Waals surface area contributed by atoms with Crippen LogP contribution in [0.25, 0.3) is 0 Å². The molecule has 0 aromatic heterocycles. The van der Waals surface area contributed by atoms with Crippen molar-refractivity contribution in [2.24, 2.45) is 5.92 Å². The Labute approximate surface area is 102 Å². The van der Waals surface area contributed by atoms with Crippen molar-refractivity contribution < 1.29 is 19.1 Å². The number of nitrogens with one attached hydrogen (secondary N) is 1. The Morgan fingerprint density at radius 1 is 1.41 bits per heavy atom. The molecule has 0 aromatic rings. The van der Waals surface area contributed by atoms with E-state index in [0.29, 0.717) is 6.42 Å². The van der Waals surface area contributed by atoms with Crippen molar-refractivity contribution in [2.75, 3.05) is 13.7 Å². The van der Waals surface area contributed by atoms with Crippen LogP contribution >= 0.6 is 0 Å². The first-order valence-corrected chi connectivity index (χ1v) is 5.45. The van der Waals surface area contributed by atoms with E-state index in [1.807, 2.05) is 0 Å². The standard InChI is InChI=1S/C12H21NO4/c1-6-7-9(10(14)16-5)8-13-11(15)17-12(2,3)4/h6,9H,1,7-8H2,2-5H3,(H,13,15)/t9-/m0/s1. The van der Waals surface area contributed by atoms with Crippen molar-refractivity contribution in [3.63, 3.8) is 0 Å². The highest BCUT2D eigenvalue weighted by Gasteiger charge is 2.21. The summed E-state index contributed by atoms with van der Waals surface area (Å²) >= 11 is 0. The van der Waals surface area contributed by atoms with Crippen LogP contribution in [0.3, 0.4) is 0 Å². The third kappa shape index (κ3) is 7.38. The van der Waals surface area contributed by atoms with Crippen molar-refractivity contribution in [2.45, 2.75) is 32.8 Å². The average molecular weight is 243 g/mol. The summed E-state index contributed by atoms with van der Waals surface area (Å²) in [5.41, 5.74) is -0.552. The van der Waals surface area contributed by atoms with Crippen molar-refractivity contribution >= 4 is 12.1 Å². The van der Waals surface area contributed by atoms with E-state index in [1.54, 1.807) is 26.8 Å². The summed E-state index contributed by atoms with van der Waals surface area (Å²) < 4.78 is 9.67. The van der Waals surface area contributed by atoms with Gasteiger partial charge in [0.1, 0.15) is 5.60 Å². The molecule has 0 unspecified atom stereocenters. The fraction of sp³-hybridized carbons (Fsp3) is 0.667. The number of allylic oxidation sites excluding steroid dienone is 1. The molecule has 0 saturated heterocycles. The van der Waals surface area contributed by atoms with Gasteiger partial charge in [0.05, 0.1) is 13.0 Å². The Morgan fingerprint density at radius 3 is 2.41 bits per heavy atom. The van der Waals surface area contributed by atoms with Gasteiger partial charge in [-0.15, -0.1) is 6.58 Å². The zero-order valence-corrected chi connectivity index (χ0v) is 10.9. The van der Waals surface area contributed by atoms with E-state index in [4.69, 9.17) is 4.74 Å². The average Bonchev–Trinajstić information content (AvgIpc) is 2.20. The first-order valence-electron chi connectivity index (χ1n) is 5.45. The fourth-order valence-corrected chi connectivity index (χ4v) is 1.15. The second kappa shape index (κ2) is 6.93. The summed E-state index contributed by atoms with van der Waals surface area (Å²) in [6.07, 6.45) is 1.51. The van der Waals surface area contributed by atoms with Crippen molar-refractivity contribution in [3.05, 3.63) is 12.7 Å². The third-order valence-electron chi connectivity index (χ3n) is 1.88. The lowest BCUT2D eigenvalue weighted by Crippen LogP contribution is -2.37. The molecule has 1 N–H and O–H groups in total. The van der Waals surface area contributed by atoms with Crippen LogP contribution in [-0.4, -0.2) is 31.3 Å². The van der Waals surface area contributed by atoms with Gasteiger partial charge in [-0.2, -0.15) is 0 Å². The van der Waals surface area contributed by atoms with E-state index in [0.717, 1.165) is 0 Å². The highest BCUT2D eigenvalue weighted by atomic mass is 16.6. The van der Waals surface area contributed by atoms with E-state index in [1.165, 1.54) is 7.11 Å². The highest BCUT2D eigenvalue weighted by Crippen LogP contribution is 2.08. The van der Waals surface area contributed by atoms with Crippen LogP contribution in [-0.2, 0) is 14.3 Å². The SMILES string of the molecule is C=CC[C@@H](CNC(=O)OC(C)(C)C)C(=O)OC. The summed E-state index contributed by atoms with van der Waals surface area (Å²) in [5, 5.41) is 2.53. The molecule has 0 heterocycles. The second-order valence-corrected chi connectivity index (χ2v) is 4.63. The van der Waals surface area contributed by atoms with Crippen LogP contribution in [0, 0.1) is 5.92 Å². The zero-order valence-electron chi connectivity index (χ0n) is 10.9. The van der Waals surface area contributed by atoms with Gasteiger partial charge in [-0.25, -0.2) is 4.79 Å². The number of rotatable bonds is 5. The number of hydrogen-bond donors (Lipinski definition) is 1. The second-order valence-electron chi connectivity index (χ2n) is 4.63. The molecule has 0 bridgehead atoms. The lowest BCUT2D eigenvalue weighted by molar-refractivity contribution is -0.145. The molecule has 1 atom stereocenters. The molecular formula is C12H21NO4. The minimum atomic E-state index is -0.552. The van der Waals surface area contributed by atoms with E-state index < -0.39 is 17.6 Å². The van der Waals surface area contributed by atoms with Gasteiger partial charge in [0.2, 0.25) is 0 Å². The van der Waals surface area contributed by atoms with Crippen LogP contribution in [0.1, 0.15) is 27.2 Å². The molecule has 0 aliphatic carbocycles. The van der Waals surface area contributed by atoms with Crippen LogP contribution in [0.4, 0.5) is 4.79 Å². The van der Waals surface area contributed by atoms with Crippen LogP contribution in [0.5, 0.6) is 0 Å². The summed E-state index contributed by atoms with van der Waals surface area (Å²) in [7, 11) is 1.31. The summed E-state index contributed by atoms with van der Waals surface area (Å²) in [6, 6.07) is 0. The lowest BCUT2D eigenvalue weighted by atomic mass is 10.1. The van der Waals surface area contributed by atoms with E-state index in [-0.39, 0.29) is 12.5 Å². The number of alkyl carbamates (subject to hydrolysis) is 1. The first kappa shape index (κ1) is 15.5. The number of amides is 1. The molecule has 98 valence electrons. The Bertz CT molecular complexity index is 281. The minimum absolute atomic E-state index is 0.174. The molecule has 0 rings (SSSR count). The smallest absolute Gasteiger partial charge is 0.407 e. The largest absolute Gasteiger partial charge is 0.469 e. The van der Waals surface area contributed by atoms with Gasteiger partial charge in [0, 0.05) is 6.54 Å². The van der Waals surface area contributed by atoms with E-state index in [9.17, 15) is 9.59 Å². The number of esters is 1. The Morgan fingerprint density at radius 2 is 2.00 bits per heavy atom. The van der Waals surface area contributed by atoms with Crippen molar-refractivity contribution in [1.29, 1.82) is 0 Å². The number of ether oxygens (including phenoxy) is 2. The van der Waals surface area contributed by atoms with Gasteiger partial charge in [0.15, 0.2) is 0 Å². The molecule has 17 heavy (non-hydrogen) atoms. The van der Waals surface area contributed by atoms with Crippen LogP contribution in [0.2, 0.25) is 0 Å². The maximum atomic E-state index is 11.4. The van der Waals surface area contributed by atoms with Gasteiger partial charge in [-0.3, -0.25) is 4.79 Å². The molecule has 0 aromatic carbocycles. The normalized spacial score (nSPS) is 12.5. The lowest BCUT2D eigenvalue weighted by Gasteiger charge is -2.20. The molecule has 0 aliphatic heterocycles. The molecule has 5 heteroatoms. The van der Waals surface area contributed by atoms with Crippen molar-refractivity contribution in [1.82, 2.24) is 5.32 Å².